The average Bonchev–Trinajstić information content (AvgIpc) is 2.37. The first-order valence-corrected chi connectivity index (χ1v) is 5.58. The van der Waals surface area contributed by atoms with Crippen LogP contribution in [0.5, 0.6) is 0 Å². The maximum absolute atomic E-state index is 12.1. The number of fused-ring (bicyclic) bond motifs is 2. The predicted molar refractivity (Wildman–Crippen MR) is 67.8 cm³/mol. The third-order valence-corrected chi connectivity index (χ3v) is 3.05. The van der Waals surface area contributed by atoms with Gasteiger partial charge in [-0.3, -0.25) is 9.59 Å². The molecule has 0 fully saturated rings. The molecule has 3 rings (SSSR count). The number of amides is 1. The number of carbonyl (C=O) groups excluding carboxylic acids is 2. The van der Waals surface area contributed by atoms with Crippen LogP contribution < -0.4 is 5.73 Å². The van der Waals surface area contributed by atoms with E-state index in [1.807, 2.05) is 24.3 Å². The Morgan fingerprint density at radius 2 is 2.06 bits per heavy atom. The van der Waals surface area contributed by atoms with Crippen molar-refractivity contribution in [3.05, 3.63) is 47.7 Å². The molecule has 1 heterocycles. The molecule has 0 aliphatic heterocycles. The van der Waals surface area contributed by atoms with Crippen LogP contribution in [0.2, 0.25) is 0 Å². The number of ketones is 1. The van der Waals surface area contributed by atoms with Gasteiger partial charge in [0, 0.05) is 10.9 Å². The van der Waals surface area contributed by atoms with Gasteiger partial charge in [0.25, 0.3) is 0 Å². The first-order valence-electron chi connectivity index (χ1n) is 5.58. The molecule has 1 aromatic carbocycles. The fourth-order valence-corrected chi connectivity index (χ4v) is 2.12. The van der Waals surface area contributed by atoms with E-state index in [0.29, 0.717) is 11.3 Å². The number of pyridine rings is 1. The smallest absolute Gasteiger partial charge is 0.232 e. The summed E-state index contributed by atoms with van der Waals surface area (Å²) in [6.45, 7) is 0. The quantitative estimate of drug-likeness (QED) is 0.766. The maximum Gasteiger partial charge on any atom is 0.232 e. The second-order valence-corrected chi connectivity index (χ2v) is 4.22. The van der Waals surface area contributed by atoms with Crippen molar-refractivity contribution in [2.45, 2.75) is 0 Å². The number of hydrogen-bond donors (Lipinski definition) is 1. The molecule has 18 heavy (non-hydrogen) atoms. The number of Topliss-reactive ketones (excluding diaryl/α,β-unsaturated/α-hetero) is 1. The highest BCUT2D eigenvalue weighted by Crippen LogP contribution is 2.25. The van der Waals surface area contributed by atoms with Crippen LogP contribution in [-0.4, -0.2) is 16.7 Å². The molecule has 0 radical (unpaired) electrons. The van der Waals surface area contributed by atoms with E-state index in [0.717, 1.165) is 10.9 Å². The second kappa shape index (κ2) is 3.77. The van der Waals surface area contributed by atoms with Gasteiger partial charge in [-0.05, 0) is 18.2 Å². The van der Waals surface area contributed by atoms with Crippen molar-refractivity contribution in [1.29, 1.82) is 0 Å². The van der Waals surface area contributed by atoms with Crippen LogP contribution in [0.25, 0.3) is 17.0 Å². The third-order valence-electron chi connectivity index (χ3n) is 3.05. The van der Waals surface area contributed by atoms with Crippen LogP contribution in [0.15, 0.2) is 36.4 Å². The molecule has 1 atom stereocenters. The molecule has 2 aromatic rings. The molecule has 0 saturated heterocycles. The van der Waals surface area contributed by atoms with Crippen molar-refractivity contribution in [3.8, 4) is 0 Å². The summed E-state index contributed by atoms with van der Waals surface area (Å²) in [4.78, 5) is 27.7. The van der Waals surface area contributed by atoms with Crippen molar-refractivity contribution in [2.24, 2.45) is 11.7 Å². The topological polar surface area (TPSA) is 73.1 Å². The fourth-order valence-electron chi connectivity index (χ4n) is 2.12. The number of hydrogen-bond acceptors (Lipinski definition) is 3. The highest BCUT2D eigenvalue weighted by molar-refractivity contribution is 6.15. The van der Waals surface area contributed by atoms with Crippen LogP contribution in [0.4, 0.5) is 0 Å². The molecule has 0 spiro atoms. The van der Waals surface area contributed by atoms with Crippen molar-refractivity contribution >= 4 is 28.7 Å². The summed E-state index contributed by atoms with van der Waals surface area (Å²) in [6, 6.07) is 9.30. The summed E-state index contributed by atoms with van der Waals surface area (Å²) in [5.41, 5.74) is 7.07. The van der Waals surface area contributed by atoms with Gasteiger partial charge in [-0.2, -0.15) is 0 Å². The van der Waals surface area contributed by atoms with Crippen LogP contribution in [-0.2, 0) is 4.79 Å². The number of aromatic nitrogens is 1. The predicted octanol–water partition coefficient (Wildman–Crippen LogP) is 1.55. The van der Waals surface area contributed by atoms with E-state index in [2.05, 4.69) is 4.98 Å². The summed E-state index contributed by atoms with van der Waals surface area (Å²) in [7, 11) is 0. The Morgan fingerprint density at radius 3 is 2.83 bits per heavy atom. The van der Waals surface area contributed by atoms with E-state index >= 15 is 0 Å². The van der Waals surface area contributed by atoms with Crippen LogP contribution in [0.3, 0.4) is 0 Å². The average molecular weight is 238 g/mol. The van der Waals surface area contributed by atoms with Gasteiger partial charge < -0.3 is 5.73 Å². The zero-order valence-corrected chi connectivity index (χ0v) is 9.46. The normalized spacial score (nSPS) is 17.8. The van der Waals surface area contributed by atoms with E-state index in [1.54, 1.807) is 12.1 Å². The van der Waals surface area contributed by atoms with Gasteiger partial charge in [-0.1, -0.05) is 24.3 Å². The number of para-hydroxylation sites is 1. The van der Waals surface area contributed by atoms with Gasteiger partial charge in [-0.15, -0.1) is 0 Å². The van der Waals surface area contributed by atoms with Gasteiger partial charge in [-0.25, -0.2) is 4.98 Å². The minimum absolute atomic E-state index is 0.279. The summed E-state index contributed by atoms with van der Waals surface area (Å²) < 4.78 is 0. The van der Waals surface area contributed by atoms with Gasteiger partial charge >= 0.3 is 0 Å². The van der Waals surface area contributed by atoms with Crippen LogP contribution in [0, 0.1) is 5.92 Å². The molecule has 4 nitrogen and oxygen atoms in total. The number of carbonyl (C=O) groups is 2. The van der Waals surface area contributed by atoms with Crippen molar-refractivity contribution in [1.82, 2.24) is 4.98 Å². The highest BCUT2D eigenvalue weighted by atomic mass is 16.2. The summed E-state index contributed by atoms with van der Waals surface area (Å²) in [5, 5.41) is 0.878. The van der Waals surface area contributed by atoms with Crippen molar-refractivity contribution in [3.63, 3.8) is 0 Å². The van der Waals surface area contributed by atoms with E-state index in [4.69, 9.17) is 5.73 Å². The van der Waals surface area contributed by atoms with E-state index in [9.17, 15) is 9.59 Å². The number of primary amides is 1. The Hall–Kier alpha value is -2.49. The molecular weight excluding hydrogens is 228 g/mol. The SMILES string of the molecule is NC(=O)C1C=Cc2nc3ccccc3cc2C1=O. The number of benzene rings is 1. The molecular formula is C14H10N2O2. The molecule has 88 valence electrons. The Morgan fingerprint density at radius 1 is 1.28 bits per heavy atom. The van der Waals surface area contributed by atoms with Gasteiger partial charge in [0.1, 0.15) is 5.92 Å². The Labute approximate surface area is 103 Å². The lowest BCUT2D eigenvalue weighted by Crippen LogP contribution is -2.31. The molecule has 1 amide bonds. The number of nitrogens with zero attached hydrogens (tertiary/aromatic N) is 1. The van der Waals surface area contributed by atoms with Gasteiger partial charge in [0.2, 0.25) is 5.91 Å². The van der Waals surface area contributed by atoms with E-state index < -0.39 is 11.8 Å². The van der Waals surface area contributed by atoms with Crippen molar-refractivity contribution in [2.75, 3.05) is 0 Å². The standard InChI is InChI=1S/C14H10N2O2/c15-14(18)9-5-6-12-10(13(9)17)7-8-3-1-2-4-11(8)16-12/h1-7,9H,(H2,15,18). The minimum Gasteiger partial charge on any atom is -0.369 e. The lowest BCUT2D eigenvalue weighted by molar-refractivity contribution is -0.119. The molecule has 1 aliphatic carbocycles. The molecule has 1 unspecified atom stereocenters. The lowest BCUT2D eigenvalue weighted by atomic mass is 9.90. The Bertz CT molecular complexity index is 704. The Kier molecular flexibility index (Phi) is 2.23. The summed E-state index contributed by atoms with van der Waals surface area (Å²) in [5.74, 6) is -1.78. The zero-order valence-electron chi connectivity index (χ0n) is 9.46. The lowest BCUT2D eigenvalue weighted by Gasteiger charge is -2.15. The first-order chi connectivity index (χ1) is 8.66. The minimum atomic E-state index is -0.875. The highest BCUT2D eigenvalue weighted by Gasteiger charge is 2.28. The monoisotopic (exact) mass is 238 g/mol. The van der Waals surface area contributed by atoms with E-state index in [1.165, 1.54) is 6.08 Å². The first kappa shape index (κ1) is 10.7. The third kappa shape index (κ3) is 1.50. The molecule has 4 heteroatoms. The van der Waals surface area contributed by atoms with Crippen molar-refractivity contribution < 1.29 is 9.59 Å². The zero-order chi connectivity index (χ0) is 12.7. The summed E-state index contributed by atoms with van der Waals surface area (Å²) >= 11 is 0. The largest absolute Gasteiger partial charge is 0.369 e. The summed E-state index contributed by atoms with van der Waals surface area (Å²) in [6.07, 6.45) is 3.19. The molecule has 2 N–H and O–H groups in total. The number of nitrogens with two attached hydrogens (primary N) is 1. The molecule has 0 bridgehead atoms. The maximum atomic E-state index is 12.1. The second-order valence-electron chi connectivity index (χ2n) is 4.22. The van der Waals surface area contributed by atoms with E-state index in [-0.39, 0.29) is 5.78 Å². The number of rotatable bonds is 1. The van der Waals surface area contributed by atoms with Gasteiger partial charge in [0.05, 0.1) is 11.2 Å². The van der Waals surface area contributed by atoms with Gasteiger partial charge in [0.15, 0.2) is 5.78 Å². The molecule has 1 aromatic heterocycles. The molecule has 1 aliphatic rings. The van der Waals surface area contributed by atoms with Crippen LogP contribution in [0.1, 0.15) is 16.1 Å². The Balaban J connectivity index is 2.23. The fraction of sp³-hybridized carbons (Fsp3) is 0.0714. The van der Waals surface area contributed by atoms with Crippen LogP contribution >= 0.6 is 0 Å². The molecule has 0 saturated carbocycles.